The van der Waals surface area contributed by atoms with Crippen LogP contribution in [-0.2, 0) is 10.3 Å². The van der Waals surface area contributed by atoms with Gasteiger partial charge >= 0.3 is 0 Å². The van der Waals surface area contributed by atoms with E-state index in [9.17, 15) is 13.9 Å². The Kier molecular flexibility index (Phi) is 7.33. The molecule has 4 rings (SSSR count). The highest BCUT2D eigenvalue weighted by Gasteiger charge is 2.53. The average Bonchev–Trinajstić information content (AvgIpc) is 3.03. The van der Waals surface area contributed by atoms with E-state index in [1.807, 2.05) is 10.4 Å². The molecule has 10 heteroatoms. The molecular formula is C20H33ClN4O4S. The lowest BCUT2D eigenvalue weighted by Gasteiger charge is -2.55. The van der Waals surface area contributed by atoms with E-state index in [1.54, 1.807) is 19.4 Å². The molecule has 1 aromatic rings. The van der Waals surface area contributed by atoms with E-state index in [0.717, 1.165) is 51.0 Å². The lowest BCUT2D eigenvalue weighted by molar-refractivity contribution is -0.169. The van der Waals surface area contributed by atoms with E-state index in [1.165, 1.54) is 6.42 Å². The maximum absolute atomic E-state index is 11.7. The number of piperidine rings is 1. The number of halogens is 1. The van der Waals surface area contributed by atoms with Crippen LogP contribution in [0.2, 0.25) is 0 Å². The van der Waals surface area contributed by atoms with Crippen molar-refractivity contribution >= 4 is 29.1 Å². The standard InChI is InChI=1S/C20H32N4O4S.ClH/c1-28-20(15-6-7-22-18(12-15)19(21)25)16-4-2-5-17(20)14-23(13-16)9-10-24-8-3-11-29(24,26)27;/h6-7,12,16-17,26-27H,2-5,8-11,13-14H2,1H3,(H2,21,25);1H/t16-,17+,20?;. The van der Waals surface area contributed by atoms with Gasteiger partial charge in [-0.3, -0.25) is 18.9 Å². The van der Waals surface area contributed by atoms with Gasteiger partial charge in [-0.1, -0.05) is 6.42 Å². The van der Waals surface area contributed by atoms with Gasteiger partial charge in [-0.15, -0.1) is 23.2 Å². The monoisotopic (exact) mass is 460 g/mol. The normalized spacial score (nSPS) is 32.4. The lowest BCUT2D eigenvalue weighted by atomic mass is 9.62. The maximum Gasteiger partial charge on any atom is 0.267 e. The van der Waals surface area contributed by atoms with Crippen molar-refractivity contribution in [2.24, 2.45) is 17.6 Å². The van der Waals surface area contributed by atoms with Crippen LogP contribution < -0.4 is 5.73 Å². The number of amides is 1. The van der Waals surface area contributed by atoms with Crippen molar-refractivity contribution in [3.05, 3.63) is 29.6 Å². The number of hydrogen-bond acceptors (Lipinski definition) is 7. The molecule has 0 aromatic carbocycles. The van der Waals surface area contributed by atoms with Crippen LogP contribution >= 0.6 is 23.2 Å². The van der Waals surface area contributed by atoms with Crippen LogP contribution in [0.4, 0.5) is 0 Å². The van der Waals surface area contributed by atoms with E-state index >= 15 is 0 Å². The molecular weight excluding hydrogens is 428 g/mol. The third kappa shape index (κ3) is 4.21. The summed E-state index contributed by atoms with van der Waals surface area (Å²) < 4.78 is 28.4. The molecule has 2 bridgehead atoms. The summed E-state index contributed by atoms with van der Waals surface area (Å²) in [5.41, 5.74) is 6.30. The van der Waals surface area contributed by atoms with Gasteiger partial charge in [0.2, 0.25) is 0 Å². The molecule has 170 valence electrons. The molecule has 3 heterocycles. The number of ether oxygens (including phenoxy) is 1. The molecule has 3 fully saturated rings. The zero-order valence-electron chi connectivity index (χ0n) is 17.4. The van der Waals surface area contributed by atoms with E-state index in [0.29, 0.717) is 24.1 Å². The van der Waals surface area contributed by atoms with E-state index < -0.39 is 22.3 Å². The van der Waals surface area contributed by atoms with Gasteiger partial charge in [0.15, 0.2) is 0 Å². The van der Waals surface area contributed by atoms with E-state index in [-0.39, 0.29) is 18.1 Å². The summed E-state index contributed by atoms with van der Waals surface area (Å²) in [5, 5.41) is 0. The Bertz CT molecular complexity index is 754. The SMILES string of the molecule is COC1(c2ccnc(C(N)=O)c2)[C@@H]2CCC[C@H]1CN(CCN1CCCS1(O)O)C2.Cl. The smallest absolute Gasteiger partial charge is 0.267 e. The number of carbonyl (C=O) groups excluding carboxylic acids is 1. The molecule has 0 radical (unpaired) electrons. The van der Waals surface area contributed by atoms with Gasteiger partial charge in [0.25, 0.3) is 5.91 Å². The van der Waals surface area contributed by atoms with Crippen LogP contribution in [0, 0.1) is 11.8 Å². The van der Waals surface area contributed by atoms with Gasteiger partial charge in [0.1, 0.15) is 11.3 Å². The first-order chi connectivity index (χ1) is 13.9. The first-order valence-corrected chi connectivity index (χ1v) is 12.1. The van der Waals surface area contributed by atoms with Gasteiger partial charge in [0, 0.05) is 57.9 Å². The fourth-order valence-corrected chi connectivity index (χ4v) is 7.23. The zero-order chi connectivity index (χ0) is 20.6. The largest absolute Gasteiger partial charge is 0.373 e. The van der Waals surface area contributed by atoms with Crippen molar-refractivity contribution in [1.82, 2.24) is 14.2 Å². The zero-order valence-corrected chi connectivity index (χ0v) is 19.0. The van der Waals surface area contributed by atoms with Crippen LogP contribution in [0.25, 0.3) is 0 Å². The predicted octanol–water partition coefficient (Wildman–Crippen LogP) is 2.55. The van der Waals surface area contributed by atoms with Crippen LogP contribution in [0.1, 0.15) is 41.7 Å². The highest BCUT2D eigenvalue weighted by atomic mass is 35.5. The molecule has 2 aliphatic heterocycles. The first kappa shape index (κ1) is 23.7. The number of nitrogens with two attached hydrogens (primary N) is 1. The number of carbonyl (C=O) groups is 1. The molecule has 2 saturated heterocycles. The summed E-state index contributed by atoms with van der Waals surface area (Å²) in [6, 6.07) is 3.75. The van der Waals surface area contributed by atoms with Crippen molar-refractivity contribution in [2.45, 2.75) is 31.3 Å². The quantitative estimate of drug-likeness (QED) is 0.597. The summed E-state index contributed by atoms with van der Waals surface area (Å²) in [5.74, 6) is 0.587. The van der Waals surface area contributed by atoms with E-state index in [4.69, 9.17) is 10.5 Å². The van der Waals surface area contributed by atoms with Crippen LogP contribution in [0.5, 0.6) is 0 Å². The number of hydrogen-bond donors (Lipinski definition) is 3. The third-order valence-corrected chi connectivity index (χ3v) is 9.01. The molecule has 4 N–H and O–H groups in total. The number of primary amides is 1. The van der Waals surface area contributed by atoms with Crippen LogP contribution in [-0.4, -0.2) is 74.8 Å². The average molecular weight is 461 g/mol. The molecule has 0 spiro atoms. The highest BCUT2D eigenvalue weighted by molar-refractivity contribution is 8.22. The van der Waals surface area contributed by atoms with Gasteiger partial charge < -0.3 is 15.4 Å². The second kappa shape index (κ2) is 9.28. The number of pyridine rings is 1. The number of fused-ring (bicyclic) bond motifs is 2. The summed E-state index contributed by atoms with van der Waals surface area (Å²) in [4.78, 5) is 18.2. The molecule has 1 saturated carbocycles. The summed E-state index contributed by atoms with van der Waals surface area (Å²) >= 11 is 0. The van der Waals surface area contributed by atoms with Crippen molar-refractivity contribution < 1.29 is 18.6 Å². The van der Waals surface area contributed by atoms with Crippen molar-refractivity contribution in [2.75, 3.05) is 45.6 Å². The molecule has 1 unspecified atom stereocenters. The number of aromatic nitrogens is 1. The van der Waals surface area contributed by atoms with Gasteiger partial charge in [-0.25, -0.2) is 4.31 Å². The molecule has 3 aliphatic rings. The third-order valence-electron chi connectivity index (χ3n) is 6.98. The van der Waals surface area contributed by atoms with Crippen molar-refractivity contribution in [3.8, 4) is 0 Å². The molecule has 1 aromatic heterocycles. The summed E-state index contributed by atoms with van der Waals surface area (Å²) in [6.45, 7) is 4.06. The molecule has 30 heavy (non-hydrogen) atoms. The number of rotatable bonds is 6. The Morgan fingerprint density at radius 3 is 2.57 bits per heavy atom. The fraction of sp³-hybridized carbons (Fsp3) is 0.700. The number of nitrogens with zero attached hydrogens (tertiary/aromatic N) is 3. The van der Waals surface area contributed by atoms with Crippen molar-refractivity contribution in [1.29, 1.82) is 0 Å². The number of methoxy groups -OCH3 is 1. The second-order valence-corrected chi connectivity index (χ2v) is 10.7. The second-order valence-electron chi connectivity index (χ2n) is 8.49. The minimum atomic E-state index is -2.56. The number of likely N-dealkylation sites (tertiary alicyclic amines) is 1. The molecule has 1 amide bonds. The Balaban J connectivity index is 0.00000256. The van der Waals surface area contributed by atoms with Gasteiger partial charge in [-0.05, 0) is 37.0 Å². The predicted molar refractivity (Wildman–Crippen MR) is 120 cm³/mol. The van der Waals surface area contributed by atoms with Crippen LogP contribution in [0.3, 0.4) is 0 Å². The highest BCUT2D eigenvalue weighted by Crippen LogP contribution is 2.52. The summed E-state index contributed by atoms with van der Waals surface area (Å²) in [7, 11) is -0.790. The topological polar surface area (TPSA) is 112 Å². The fourth-order valence-electron chi connectivity index (χ4n) is 5.66. The minimum Gasteiger partial charge on any atom is -0.373 e. The van der Waals surface area contributed by atoms with Crippen molar-refractivity contribution in [3.63, 3.8) is 0 Å². The Morgan fingerprint density at radius 2 is 2.00 bits per heavy atom. The summed E-state index contributed by atoms with van der Waals surface area (Å²) in [6.07, 6.45) is 5.80. The Morgan fingerprint density at radius 1 is 1.30 bits per heavy atom. The molecule has 1 aliphatic carbocycles. The Labute approximate surface area is 186 Å². The molecule has 3 atom stereocenters. The minimum absolute atomic E-state index is 0. The van der Waals surface area contributed by atoms with Crippen LogP contribution in [0.15, 0.2) is 18.3 Å². The van der Waals surface area contributed by atoms with E-state index in [2.05, 4.69) is 9.88 Å². The van der Waals surface area contributed by atoms with Gasteiger partial charge in [-0.2, -0.15) is 0 Å². The maximum atomic E-state index is 11.7. The van der Waals surface area contributed by atoms with Gasteiger partial charge in [0.05, 0.1) is 5.75 Å². The Hall–Kier alpha value is -0.940. The lowest BCUT2D eigenvalue weighted by Crippen LogP contribution is -2.59. The molecule has 8 nitrogen and oxygen atoms in total. The first-order valence-electron chi connectivity index (χ1n) is 10.4.